The number of methoxy groups -OCH3 is 1. The lowest BCUT2D eigenvalue weighted by Gasteiger charge is -2.06. The van der Waals surface area contributed by atoms with E-state index in [1.807, 2.05) is 42.5 Å². The summed E-state index contributed by atoms with van der Waals surface area (Å²) in [5, 5.41) is 1.86. The van der Waals surface area contributed by atoms with Crippen LogP contribution in [0.3, 0.4) is 0 Å². The van der Waals surface area contributed by atoms with Crippen molar-refractivity contribution in [1.82, 2.24) is 0 Å². The molecule has 0 amide bonds. The number of esters is 1. The molecule has 0 aliphatic rings. The molecule has 3 aromatic rings. The van der Waals surface area contributed by atoms with Crippen molar-refractivity contribution in [3.05, 3.63) is 60.4 Å². The zero-order chi connectivity index (χ0) is 13.2. The molecule has 0 N–H and O–H groups in total. The van der Waals surface area contributed by atoms with Gasteiger partial charge in [-0.05, 0) is 35.0 Å². The maximum atomic E-state index is 11.7. The minimum Gasteiger partial charge on any atom is -0.465 e. The van der Waals surface area contributed by atoms with Crippen molar-refractivity contribution in [3.63, 3.8) is 0 Å². The Morgan fingerprint density at radius 1 is 1.11 bits per heavy atom. The molecule has 94 valence electrons. The zero-order valence-corrected chi connectivity index (χ0v) is 10.4. The van der Waals surface area contributed by atoms with E-state index in [0.717, 1.165) is 22.1 Å². The van der Waals surface area contributed by atoms with Gasteiger partial charge in [0.1, 0.15) is 5.76 Å². The average molecular weight is 252 g/mol. The number of fused-ring (bicyclic) bond motifs is 1. The van der Waals surface area contributed by atoms with Gasteiger partial charge in [0, 0.05) is 5.56 Å². The van der Waals surface area contributed by atoms with Crippen LogP contribution in [-0.4, -0.2) is 13.1 Å². The molecule has 2 aromatic carbocycles. The van der Waals surface area contributed by atoms with Gasteiger partial charge < -0.3 is 9.15 Å². The number of ether oxygens (including phenoxy) is 1. The molecule has 0 saturated heterocycles. The van der Waals surface area contributed by atoms with Crippen LogP contribution in [0.25, 0.3) is 22.1 Å². The first kappa shape index (κ1) is 11.5. The molecule has 3 nitrogen and oxygen atoms in total. The van der Waals surface area contributed by atoms with Crippen LogP contribution in [0.1, 0.15) is 10.4 Å². The Morgan fingerprint density at radius 2 is 2.00 bits per heavy atom. The summed E-state index contributed by atoms with van der Waals surface area (Å²) in [6, 6.07) is 15.2. The number of carbonyl (C=O) groups is 1. The zero-order valence-electron chi connectivity index (χ0n) is 10.4. The molecule has 3 rings (SSSR count). The number of furan rings is 1. The molecule has 0 unspecified atom stereocenters. The van der Waals surface area contributed by atoms with E-state index in [0.29, 0.717) is 5.56 Å². The Kier molecular flexibility index (Phi) is 2.80. The SMILES string of the molecule is COC(=O)c1cccc2cc(-c3ccco3)ccc12. The highest BCUT2D eigenvalue weighted by Crippen LogP contribution is 2.26. The Balaban J connectivity index is 2.18. The molecule has 0 aliphatic carbocycles. The fourth-order valence-corrected chi connectivity index (χ4v) is 2.17. The van der Waals surface area contributed by atoms with Gasteiger partial charge in [-0.25, -0.2) is 4.79 Å². The van der Waals surface area contributed by atoms with Crippen molar-refractivity contribution in [1.29, 1.82) is 0 Å². The van der Waals surface area contributed by atoms with Crippen LogP contribution in [-0.2, 0) is 4.74 Å². The lowest BCUT2D eigenvalue weighted by Crippen LogP contribution is -2.01. The van der Waals surface area contributed by atoms with Gasteiger partial charge in [0.25, 0.3) is 0 Å². The van der Waals surface area contributed by atoms with Crippen LogP contribution in [0.15, 0.2) is 59.2 Å². The molecule has 0 saturated carbocycles. The standard InChI is InChI=1S/C16H12O3/c1-18-16(17)14-5-2-4-11-10-12(7-8-13(11)14)15-6-3-9-19-15/h2-10H,1H3. The number of rotatable bonds is 2. The van der Waals surface area contributed by atoms with Crippen LogP contribution in [0.5, 0.6) is 0 Å². The molecule has 1 aromatic heterocycles. The van der Waals surface area contributed by atoms with Crippen molar-refractivity contribution in [2.24, 2.45) is 0 Å². The van der Waals surface area contributed by atoms with Crippen LogP contribution in [0.2, 0.25) is 0 Å². The number of hydrogen-bond donors (Lipinski definition) is 0. The minimum atomic E-state index is -0.323. The van der Waals surface area contributed by atoms with E-state index in [9.17, 15) is 4.79 Å². The second-order valence-electron chi connectivity index (χ2n) is 4.21. The first-order valence-corrected chi connectivity index (χ1v) is 5.94. The van der Waals surface area contributed by atoms with E-state index in [1.54, 1.807) is 12.3 Å². The normalized spacial score (nSPS) is 10.6. The molecule has 0 aliphatic heterocycles. The second-order valence-corrected chi connectivity index (χ2v) is 4.21. The maximum absolute atomic E-state index is 11.7. The molecule has 19 heavy (non-hydrogen) atoms. The third-order valence-electron chi connectivity index (χ3n) is 3.09. The van der Waals surface area contributed by atoms with Gasteiger partial charge in [-0.1, -0.05) is 24.3 Å². The Hall–Kier alpha value is -2.55. The van der Waals surface area contributed by atoms with E-state index < -0.39 is 0 Å². The fraction of sp³-hybridized carbons (Fsp3) is 0.0625. The van der Waals surface area contributed by atoms with E-state index >= 15 is 0 Å². The van der Waals surface area contributed by atoms with E-state index in [-0.39, 0.29) is 5.97 Å². The first-order valence-electron chi connectivity index (χ1n) is 5.94. The predicted octanol–water partition coefficient (Wildman–Crippen LogP) is 3.89. The largest absolute Gasteiger partial charge is 0.465 e. The third kappa shape index (κ3) is 1.99. The summed E-state index contributed by atoms with van der Waals surface area (Å²) in [7, 11) is 1.39. The summed E-state index contributed by atoms with van der Waals surface area (Å²) in [6.07, 6.45) is 1.64. The maximum Gasteiger partial charge on any atom is 0.338 e. The molecule has 0 fully saturated rings. The molecule has 3 heteroatoms. The molecule has 0 bridgehead atoms. The van der Waals surface area contributed by atoms with Crippen molar-refractivity contribution in [2.45, 2.75) is 0 Å². The minimum absolute atomic E-state index is 0.323. The Morgan fingerprint density at radius 3 is 2.74 bits per heavy atom. The van der Waals surface area contributed by atoms with Crippen LogP contribution in [0, 0.1) is 0 Å². The quantitative estimate of drug-likeness (QED) is 0.649. The van der Waals surface area contributed by atoms with Gasteiger partial charge >= 0.3 is 5.97 Å². The van der Waals surface area contributed by atoms with Crippen molar-refractivity contribution >= 4 is 16.7 Å². The summed E-state index contributed by atoms with van der Waals surface area (Å²) >= 11 is 0. The van der Waals surface area contributed by atoms with E-state index in [4.69, 9.17) is 9.15 Å². The summed E-state index contributed by atoms with van der Waals surface area (Å²) < 4.78 is 10.2. The summed E-state index contributed by atoms with van der Waals surface area (Å²) in [5.41, 5.74) is 1.56. The molecular formula is C16H12O3. The van der Waals surface area contributed by atoms with Crippen LogP contribution < -0.4 is 0 Å². The number of hydrogen-bond acceptors (Lipinski definition) is 3. The van der Waals surface area contributed by atoms with Gasteiger partial charge in [-0.3, -0.25) is 0 Å². The van der Waals surface area contributed by atoms with Crippen molar-refractivity contribution in [2.75, 3.05) is 7.11 Å². The lowest BCUT2D eigenvalue weighted by molar-refractivity contribution is 0.0603. The summed E-state index contributed by atoms with van der Waals surface area (Å²) in [5.74, 6) is 0.488. The molecule has 0 atom stereocenters. The van der Waals surface area contributed by atoms with Crippen LogP contribution >= 0.6 is 0 Å². The van der Waals surface area contributed by atoms with Gasteiger partial charge in [-0.2, -0.15) is 0 Å². The second kappa shape index (κ2) is 4.61. The summed E-state index contributed by atoms with van der Waals surface area (Å²) in [6.45, 7) is 0. The number of benzene rings is 2. The highest BCUT2D eigenvalue weighted by molar-refractivity contribution is 6.05. The Labute approximate surface area is 110 Å². The first-order chi connectivity index (χ1) is 9.29. The highest BCUT2D eigenvalue weighted by atomic mass is 16.5. The fourth-order valence-electron chi connectivity index (χ4n) is 2.17. The molecular weight excluding hydrogens is 240 g/mol. The predicted molar refractivity (Wildman–Crippen MR) is 73.0 cm³/mol. The monoisotopic (exact) mass is 252 g/mol. The number of carbonyl (C=O) groups excluding carboxylic acids is 1. The molecule has 0 radical (unpaired) electrons. The average Bonchev–Trinajstić information content (AvgIpc) is 2.99. The van der Waals surface area contributed by atoms with Gasteiger partial charge in [-0.15, -0.1) is 0 Å². The van der Waals surface area contributed by atoms with E-state index in [1.165, 1.54) is 7.11 Å². The molecule has 1 heterocycles. The van der Waals surface area contributed by atoms with Crippen LogP contribution in [0.4, 0.5) is 0 Å². The highest BCUT2D eigenvalue weighted by Gasteiger charge is 2.10. The smallest absolute Gasteiger partial charge is 0.338 e. The Bertz CT molecular complexity index is 727. The van der Waals surface area contributed by atoms with Gasteiger partial charge in [0.05, 0.1) is 18.9 Å². The van der Waals surface area contributed by atoms with Crippen molar-refractivity contribution in [3.8, 4) is 11.3 Å². The third-order valence-corrected chi connectivity index (χ3v) is 3.09. The summed E-state index contributed by atoms with van der Waals surface area (Å²) in [4.78, 5) is 11.7. The van der Waals surface area contributed by atoms with Crippen molar-refractivity contribution < 1.29 is 13.9 Å². The molecule has 0 spiro atoms. The topological polar surface area (TPSA) is 39.4 Å². The van der Waals surface area contributed by atoms with E-state index in [2.05, 4.69) is 0 Å². The lowest BCUT2D eigenvalue weighted by atomic mass is 10.0. The van der Waals surface area contributed by atoms with Gasteiger partial charge in [0.2, 0.25) is 0 Å². The van der Waals surface area contributed by atoms with Gasteiger partial charge in [0.15, 0.2) is 0 Å².